The molecule has 0 aromatic heterocycles. The van der Waals surface area contributed by atoms with Crippen molar-refractivity contribution < 1.29 is 14.5 Å². The molecule has 1 amide bonds. The lowest BCUT2D eigenvalue weighted by Crippen LogP contribution is -2.38. The fourth-order valence-electron chi connectivity index (χ4n) is 4.17. The Morgan fingerprint density at radius 3 is 2.21 bits per heavy atom. The van der Waals surface area contributed by atoms with Gasteiger partial charge in [0.25, 0.3) is 5.69 Å². The van der Waals surface area contributed by atoms with Gasteiger partial charge in [0, 0.05) is 17.8 Å². The Hall–Kier alpha value is -2.89. The summed E-state index contributed by atoms with van der Waals surface area (Å²) in [4.78, 5) is 23.8. The van der Waals surface area contributed by atoms with Gasteiger partial charge >= 0.3 is 0 Å². The van der Waals surface area contributed by atoms with E-state index in [1.54, 1.807) is 12.1 Å². The third-order valence-corrected chi connectivity index (χ3v) is 5.53. The van der Waals surface area contributed by atoms with Crippen LogP contribution in [0.25, 0.3) is 0 Å². The Labute approximate surface area is 165 Å². The third-order valence-electron chi connectivity index (χ3n) is 5.53. The summed E-state index contributed by atoms with van der Waals surface area (Å²) < 4.78 is 5.68. The molecule has 2 aromatic carbocycles. The molecule has 3 rings (SSSR count). The van der Waals surface area contributed by atoms with Crippen LogP contribution in [0.2, 0.25) is 0 Å². The average Bonchev–Trinajstić information content (AvgIpc) is 3.16. The quantitative estimate of drug-likeness (QED) is 0.559. The van der Waals surface area contributed by atoms with Gasteiger partial charge in [0.05, 0.1) is 16.9 Å². The number of hydrogen-bond donors (Lipinski definition) is 1. The van der Waals surface area contributed by atoms with Crippen molar-refractivity contribution in [1.82, 2.24) is 0 Å². The van der Waals surface area contributed by atoms with Crippen LogP contribution in [-0.2, 0) is 10.2 Å². The van der Waals surface area contributed by atoms with Gasteiger partial charge in [-0.25, -0.2) is 0 Å². The van der Waals surface area contributed by atoms with E-state index >= 15 is 0 Å². The molecule has 0 heterocycles. The third kappa shape index (κ3) is 3.72. The SMILES string of the molecule is CCOc1c(C)cc(NC(=O)C2(c3ccc([N+](=O)[O-])cc3)CCCC2)cc1C. The second-order valence-electron chi connectivity index (χ2n) is 7.42. The number of benzene rings is 2. The number of hydrogen-bond acceptors (Lipinski definition) is 4. The lowest BCUT2D eigenvalue weighted by atomic mass is 9.78. The zero-order valence-corrected chi connectivity index (χ0v) is 16.6. The van der Waals surface area contributed by atoms with E-state index in [1.807, 2.05) is 32.9 Å². The summed E-state index contributed by atoms with van der Waals surface area (Å²) in [6.07, 6.45) is 3.41. The average molecular weight is 382 g/mol. The number of carbonyl (C=O) groups is 1. The van der Waals surface area contributed by atoms with Gasteiger partial charge in [-0.1, -0.05) is 25.0 Å². The molecule has 1 N–H and O–H groups in total. The van der Waals surface area contributed by atoms with E-state index in [0.29, 0.717) is 6.61 Å². The van der Waals surface area contributed by atoms with Crippen molar-refractivity contribution in [3.63, 3.8) is 0 Å². The van der Waals surface area contributed by atoms with Crippen molar-refractivity contribution in [2.45, 2.75) is 51.9 Å². The molecule has 6 heteroatoms. The van der Waals surface area contributed by atoms with Gasteiger partial charge in [0.1, 0.15) is 5.75 Å². The van der Waals surface area contributed by atoms with E-state index in [0.717, 1.165) is 53.8 Å². The van der Waals surface area contributed by atoms with E-state index in [4.69, 9.17) is 4.74 Å². The number of aryl methyl sites for hydroxylation is 2. The normalized spacial score (nSPS) is 15.2. The minimum atomic E-state index is -0.643. The molecule has 2 aromatic rings. The molecular formula is C22H26N2O4. The molecule has 0 bridgehead atoms. The number of anilines is 1. The van der Waals surface area contributed by atoms with Crippen molar-refractivity contribution in [2.75, 3.05) is 11.9 Å². The summed E-state index contributed by atoms with van der Waals surface area (Å²) in [5.74, 6) is 0.799. The monoisotopic (exact) mass is 382 g/mol. The zero-order valence-electron chi connectivity index (χ0n) is 16.6. The first-order valence-corrected chi connectivity index (χ1v) is 9.68. The summed E-state index contributed by atoms with van der Waals surface area (Å²) in [6, 6.07) is 10.2. The van der Waals surface area contributed by atoms with Crippen LogP contribution in [0.15, 0.2) is 36.4 Å². The lowest BCUT2D eigenvalue weighted by Gasteiger charge is -2.28. The summed E-state index contributed by atoms with van der Waals surface area (Å²) >= 11 is 0. The molecule has 0 radical (unpaired) electrons. The highest BCUT2D eigenvalue weighted by atomic mass is 16.6. The van der Waals surface area contributed by atoms with Gasteiger partial charge in [-0.2, -0.15) is 0 Å². The first kappa shape index (κ1) is 19.9. The van der Waals surface area contributed by atoms with Gasteiger partial charge in [-0.15, -0.1) is 0 Å². The molecule has 6 nitrogen and oxygen atoms in total. The Morgan fingerprint density at radius 1 is 1.14 bits per heavy atom. The van der Waals surface area contributed by atoms with E-state index in [1.165, 1.54) is 12.1 Å². The van der Waals surface area contributed by atoms with E-state index in [9.17, 15) is 14.9 Å². The second kappa shape index (κ2) is 8.00. The molecule has 1 aliphatic carbocycles. The predicted molar refractivity (Wildman–Crippen MR) is 109 cm³/mol. The number of rotatable bonds is 6. The highest BCUT2D eigenvalue weighted by Gasteiger charge is 2.42. The number of nitrogens with one attached hydrogen (secondary N) is 1. The molecule has 0 aliphatic heterocycles. The summed E-state index contributed by atoms with van der Waals surface area (Å²) in [7, 11) is 0. The van der Waals surface area contributed by atoms with Crippen LogP contribution in [-0.4, -0.2) is 17.4 Å². The smallest absolute Gasteiger partial charge is 0.269 e. The lowest BCUT2D eigenvalue weighted by molar-refractivity contribution is -0.384. The Morgan fingerprint density at radius 2 is 1.71 bits per heavy atom. The molecule has 1 saturated carbocycles. The van der Waals surface area contributed by atoms with E-state index in [-0.39, 0.29) is 11.6 Å². The molecule has 0 atom stereocenters. The molecule has 1 fully saturated rings. The summed E-state index contributed by atoms with van der Waals surface area (Å²) in [5, 5.41) is 14.0. The molecule has 0 saturated heterocycles. The number of non-ortho nitro benzene ring substituents is 1. The molecular weight excluding hydrogens is 356 g/mol. The second-order valence-corrected chi connectivity index (χ2v) is 7.42. The highest BCUT2D eigenvalue weighted by Crippen LogP contribution is 2.42. The van der Waals surface area contributed by atoms with Gasteiger partial charge < -0.3 is 10.1 Å². The molecule has 0 spiro atoms. The highest BCUT2D eigenvalue weighted by molar-refractivity contribution is 5.99. The molecule has 1 aliphatic rings. The maximum Gasteiger partial charge on any atom is 0.269 e. The number of nitrogens with zero attached hydrogens (tertiary/aromatic N) is 1. The van der Waals surface area contributed by atoms with Crippen molar-refractivity contribution in [2.24, 2.45) is 0 Å². The van der Waals surface area contributed by atoms with Gasteiger partial charge in [-0.3, -0.25) is 14.9 Å². The fourth-order valence-corrected chi connectivity index (χ4v) is 4.17. The topological polar surface area (TPSA) is 81.5 Å². The van der Waals surface area contributed by atoms with Crippen LogP contribution in [0.5, 0.6) is 5.75 Å². The minimum absolute atomic E-state index is 0.0371. The number of carbonyl (C=O) groups excluding carboxylic acids is 1. The fraction of sp³-hybridized carbons (Fsp3) is 0.409. The van der Waals surface area contributed by atoms with Crippen molar-refractivity contribution in [1.29, 1.82) is 0 Å². The first-order valence-electron chi connectivity index (χ1n) is 9.68. The van der Waals surface area contributed by atoms with Gasteiger partial charge in [-0.05, 0) is 62.4 Å². The first-order chi connectivity index (χ1) is 13.4. The van der Waals surface area contributed by atoms with Crippen molar-refractivity contribution in [3.8, 4) is 5.75 Å². The van der Waals surface area contributed by atoms with Crippen molar-refractivity contribution >= 4 is 17.3 Å². The van der Waals surface area contributed by atoms with Crippen LogP contribution >= 0.6 is 0 Å². The number of amides is 1. The van der Waals surface area contributed by atoms with Crippen LogP contribution in [0.3, 0.4) is 0 Å². The summed E-state index contributed by atoms with van der Waals surface area (Å²) in [5.41, 5.74) is 2.94. The van der Waals surface area contributed by atoms with E-state index in [2.05, 4.69) is 5.32 Å². The van der Waals surface area contributed by atoms with Crippen LogP contribution in [0.1, 0.15) is 49.3 Å². The Bertz CT molecular complexity index is 861. The standard InChI is InChI=1S/C22H26N2O4/c1-4-28-20-15(2)13-18(14-16(20)3)23-21(25)22(11-5-6-12-22)17-7-9-19(10-8-17)24(26)27/h7-10,13-14H,4-6,11-12H2,1-3H3,(H,23,25). The molecule has 148 valence electrons. The van der Waals surface area contributed by atoms with Gasteiger partial charge in [0.15, 0.2) is 0 Å². The predicted octanol–water partition coefficient (Wildman–Crippen LogP) is 5.06. The van der Waals surface area contributed by atoms with Crippen LogP contribution < -0.4 is 10.1 Å². The number of nitro benzene ring substituents is 1. The largest absolute Gasteiger partial charge is 0.493 e. The zero-order chi connectivity index (χ0) is 20.3. The Kier molecular flexibility index (Phi) is 5.68. The summed E-state index contributed by atoms with van der Waals surface area (Å²) in [6.45, 7) is 6.48. The van der Waals surface area contributed by atoms with Crippen molar-refractivity contribution in [3.05, 3.63) is 63.2 Å². The maximum atomic E-state index is 13.3. The molecule has 28 heavy (non-hydrogen) atoms. The van der Waals surface area contributed by atoms with Crippen LogP contribution in [0.4, 0.5) is 11.4 Å². The maximum absolute atomic E-state index is 13.3. The van der Waals surface area contributed by atoms with Crippen LogP contribution in [0, 0.1) is 24.0 Å². The number of nitro groups is 1. The molecule has 0 unspecified atom stereocenters. The Balaban J connectivity index is 1.89. The minimum Gasteiger partial charge on any atom is -0.493 e. The number of ether oxygens (including phenoxy) is 1. The van der Waals surface area contributed by atoms with E-state index < -0.39 is 10.3 Å². The van der Waals surface area contributed by atoms with Gasteiger partial charge in [0.2, 0.25) is 5.91 Å².